The molecule has 1 aliphatic rings. The number of anilines is 3. The summed E-state index contributed by atoms with van der Waals surface area (Å²) >= 11 is 0. The lowest BCUT2D eigenvalue weighted by Crippen LogP contribution is -2.46. The molecule has 2 aromatic heterocycles. The lowest BCUT2D eigenvalue weighted by atomic mass is 10.2. The number of hydrogen-bond acceptors (Lipinski definition) is 5. The molecular formula is C17H20N6. The van der Waals surface area contributed by atoms with E-state index in [1.165, 1.54) is 16.9 Å². The molecule has 6 heteroatoms. The van der Waals surface area contributed by atoms with Gasteiger partial charge in [-0.05, 0) is 30.7 Å². The van der Waals surface area contributed by atoms with Crippen molar-refractivity contribution in [3.8, 4) is 0 Å². The van der Waals surface area contributed by atoms with Gasteiger partial charge in [0.15, 0.2) is 5.65 Å². The summed E-state index contributed by atoms with van der Waals surface area (Å²) in [4.78, 5) is 9.05. The summed E-state index contributed by atoms with van der Waals surface area (Å²) in [5.74, 6) is 0.315. The molecule has 0 spiro atoms. The van der Waals surface area contributed by atoms with Crippen LogP contribution in [0.25, 0.3) is 5.65 Å². The number of fused-ring (bicyclic) bond motifs is 1. The molecular weight excluding hydrogens is 288 g/mol. The number of benzene rings is 1. The van der Waals surface area contributed by atoms with Crippen molar-refractivity contribution in [1.29, 1.82) is 0 Å². The van der Waals surface area contributed by atoms with Gasteiger partial charge in [-0.1, -0.05) is 18.2 Å². The Morgan fingerprint density at radius 2 is 1.70 bits per heavy atom. The van der Waals surface area contributed by atoms with E-state index in [9.17, 15) is 0 Å². The zero-order valence-electron chi connectivity index (χ0n) is 13.2. The first-order valence-corrected chi connectivity index (χ1v) is 7.88. The van der Waals surface area contributed by atoms with Gasteiger partial charge in [-0.15, -0.1) is 5.10 Å². The van der Waals surface area contributed by atoms with Crippen LogP contribution in [0.1, 0.15) is 5.56 Å². The van der Waals surface area contributed by atoms with Gasteiger partial charge in [0, 0.05) is 31.9 Å². The van der Waals surface area contributed by atoms with Crippen molar-refractivity contribution in [3.63, 3.8) is 0 Å². The quantitative estimate of drug-likeness (QED) is 0.784. The number of pyridine rings is 1. The molecule has 0 radical (unpaired) electrons. The normalized spacial score (nSPS) is 15.3. The van der Waals surface area contributed by atoms with Crippen LogP contribution in [0.4, 0.5) is 17.3 Å². The van der Waals surface area contributed by atoms with E-state index in [2.05, 4.69) is 57.1 Å². The summed E-state index contributed by atoms with van der Waals surface area (Å²) in [5.41, 5.74) is 10.2. The van der Waals surface area contributed by atoms with E-state index in [1.807, 2.05) is 12.3 Å². The van der Waals surface area contributed by atoms with Gasteiger partial charge in [-0.25, -0.2) is 4.52 Å². The SMILES string of the molecule is Cc1cc2nc(N)nn2cc1N1CCN(c2ccccc2)CC1. The lowest BCUT2D eigenvalue weighted by Gasteiger charge is -2.37. The highest BCUT2D eigenvalue weighted by atomic mass is 15.3. The predicted molar refractivity (Wildman–Crippen MR) is 93.0 cm³/mol. The number of hydrogen-bond donors (Lipinski definition) is 1. The number of nitrogens with two attached hydrogens (primary N) is 1. The fourth-order valence-corrected chi connectivity index (χ4v) is 3.21. The molecule has 4 rings (SSSR count). The van der Waals surface area contributed by atoms with Gasteiger partial charge >= 0.3 is 0 Å². The molecule has 0 atom stereocenters. The minimum atomic E-state index is 0.315. The molecule has 0 aliphatic carbocycles. The molecule has 0 amide bonds. The summed E-state index contributed by atoms with van der Waals surface area (Å²) in [6.45, 7) is 6.13. The molecule has 3 aromatic rings. The summed E-state index contributed by atoms with van der Waals surface area (Å²) < 4.78 is 1.77. The van der Waals surface area contributed by atoms with E-state index in [1.54, 1.807) is 4.52 Å². The Hall–Kier alpha value is -2.76. The Labute approximate surface area is 135 Å². The zero-order chi connectivity index (χ0) is 15.8. The Morgan fingerprint density at radius 1 is 1.00 bits per heavy atom. The first-order chi connectivity index (χ1) is 11.2. The van der Waals surface area contributed by atoms with Crippen LogP contribution >= 0.6 is 0 Å². The topological polar surface area (TPSA) is 62.7 Å². The highest BCUT2D eigenvalue weighted by Gasteiger charge is 2.19. The third kappa shape index (κ3) is 2.56. The van der Waals surface area contributed by atoms with Gasteiger partial charge < -0.3 is 15.5 Å². The highest BCUT2D eigenvalue weighted by molar-refractivity contribution is 5.59. The molecule has 1 aliphatic heterocycles. The molecule has 3 heterocycles. The molecule has 1 aromatic carbocycles. The fourth-order valence-electron chi connectivity index (χ4n) is 3.21. The summed E-state index contributed by atoms with van der Waals surface area (Å²) in [6, 6.07) is 12.6. The van der Waals surface area contributed by atoms with Crippen LogP contribution in [0.5, 0.6) is 0 Å². The van der Waals surface area contributed by atoms with Crippen LogP contribution in [0.2, 0.25) is 0 Å². The Kier molecular flexibility index (Phi) is 3.29. The van der Waals surface area contributed by atoms with Crippen LogP contribution in [0, 0.1) is 6.92 Å². The maximum atomic E-state index is 5.69. The number of aryl methyl sites for hydroxylation is 1. The molecule has 0 unspecified atom stereocenters. The van der Waals surface area contributed by atoms with Crippen molar-refractivity contribution in [3.05, 3.63) is 48.2 Å². The molecule has 2 N–H and O–H groups in total. The van der Waals surface area contributed by atoms with E-state index < -0.39 is 0 Å². The molecule has 1 fully saturated rings. The Balaban J connectivity index is 1.55. The average Bonchev–Trinajstić information content (AvgIpc) is 2.94. The Bertz CT molecular complexity index is 818. The summed E-state index contributed by atoms with van der Waals surface area (Å²) in [7, 11) is 0. The second kappa shape index (κ2) is 5.46. The smallest absolute Gasteiger partial charge is 0.240 e. The van der Waals surface area contributed by atoms with Gasteiger partial charge in [0.2, 0.25) is 5.95 Å². The van der Waals surface area contributed by atoms with Crippen LogP contribution in [0.15, 0.2) is 42.6 Å². The van der Waals surface area contributed by atoms with E-state index in [0.29, 0.717) is 5.95 Å². The highest BCUT2D eigenvalue weighted by Crippen LogP contribution is 2.24. The minimum absolute atomic E-state index is 0.315. The van der Waals surface area contributed by atoms with Gasteiger partial charge in [-0.2, -0.15) is 4.98 Å². The number of para-hydroxylation sites is 1. The molecule has 1 saturated heterocycles. The minimum Gasteiger partial charge on any atom is -0.368 e. The maximum Gasteiger partial charge on any atom is 0.240 e. The third-order valence-corrected chi connectivity index (χ3v) is 4.41. The third-order valence-electron chi connectivity index (χ3n) is 4.41. The molecule has 0 bridgehead atoms. The van der Waals surface area contributed by atoms with Gasteiger partial charge in [0.25, 0.3) is 0 Å². The van der Waals surface area contributed by atoms with Gasteiger partial charge in [0.1, 0.15) is 0 Å². The number of nitrogens with zero attached hydrogens (tertiary/aromatic N) is 5. The second-order valence-corrected chi connectivity index (χ2v) is 5.92. The largest absolute Gasteiger partial charge is 0.368 e. The van der Waals surface area contributed by atoms with E-state index in [-0.39, 0.29) is 0 Å². The molecule has 23 heavy (non-hydrogen) atoms. The van der Waals surface area contributed by atoms with Crippen LogP contribution in [-0.4, -0.2) is 40.8 Å². The first-order valence-electron chi connectivity index (χ1n) is 7.88. The van der Waals surface area contributed by atoms with Crippen molar-refractivity contribution >= 4 is 23.0 Å². The van der Waals surface area contributed by atoms with Gasteiger partial charge in [0.05, 0.1) is 11.9 Å². The van der Waals surface area contributed by atoms with Crippen LogP contribution in [0.3, 0.4) is 0 Å². The van der Waals surface area contributed by atoms with Gasteiger partial charge in [-0.3, -0.25) is 0 Å². The number of piperazine rings is 1. The van der Waals surface area contributed by atoms with Crippen LogP contribution in [-0.2, 0) is 0 Å². The predicted octanol–water partition coefficient (Wildman–Crippen LogP) is 1.95. The second-order valence-electron chi connectivity index (χ2n) is 5.92. The fraction of sp³-hybridized carbons (Fsp3) is 0.294. The van der Waals surface area contributed by atoms with Crippen molar-refractivity contribution in [2.75, 3.05) is 41.7 Å². The van der Waals surface area contributed by atoms with Crippen molar-refractivity contribution in [2.24, 2.45) is 0 Å². The van der Waals surface area contributed by atoms with Crippen molar-refractivity contribution < 1.29 is 0 Å². The van der Waals surface area contributed by atoms with E-state index in [4.69, 9.17) is 5.73 Å². The zero-order valence-corrected chi connectivity index (χ0v) is 13.2. The lowest BCUT2D eigenvalue weighted by molar-refractivity contribution is 0.650. The van der Waals surface area contributed by atoms with E-state index >= 15 is 0 Å². The maximum absolute atomic E-state index is 5.69. The van der Waals surface area contributed by atoms with Crippen LogP contribution < -0.4 is 15.5 Å². The molecule has 118 valence electrons. The van der Waals surface area contributed by atoms with Crippen molar-refractivity contribution in [1.82, 2.24) is 14.6 Å². The Morgan fingerprint density at radius 3 is 2.43 bits per heavy atom. The number of nitrogen functional groups attached to an aromatic ring is 1. The monoisotopic (exact) mass is 308 g/mol. The van der Waals surface area contributed by atoms with Crippen molar-refractivity contribution in [2.45, 2.75) is 6.92 Å². The average molecular weight is 308 g/mol. The number of rotatable bonds is 2. The molecule has 0 saturated carbocycles. The number of aromatic nitrogens is 3. The molecule has 6 nitrogen and oxygen atoms in total. The van der Waals surface area contributed by atoms with E-state index in [0.717, 1.165) is 31.8 Å². The summed E-state index contributed by atoms with van der Waals surface area (Å²) in [5, 5.41) is 4.22. The standard InChI is InChI=1S/C17H20N6/c1-13-11-16-19-17(18)20-23(16)12-15(13)22-9-7-21(8-10-22)14-5-3-2-4-6-14/h2-6,11-12H,7-10H2,1H3,(H2,18,20). The summed E-state index contributed by atoms with van der Waals surface area (Å²) in [6.07, 6.45) is 2.03. The first kappa shape index (κ1) is 13.9.